The Morgan fingerprint density at radius 3 is 2.44 bits per heavy atom. The molecule has 3 rings (SSSR count). The highest BCUT2D eigenvalue weighted by Gasteiger charge is 2.22. The lowest BCUT2D eigenvalue weighted by Crippen LogP contribution is -2.40. The Morgan fingerprint density at radius 1 is 1.04 bits per heavy atom. The average Bonchev–Trinajstić information content (AvgIpc) is 2.90. The van der Waals surface area contributed by atoms with Gasteiger partial charge in [0.2, 0.25) is 0 Å². The first kappa shape index (κ1) is 19.0. The van der Waals surface area contributed by atoms with Crippen molar-refractivity contribution in [1.82, 2.24) is 5.32 Å². The Labute approximate surface area is 162 Å². The smallest absolute Gasteiger partial charge is 0.291 e. The Bertz CT molecular complexity index is 1030. The Kier molecular flexibility index (Phi) is 4.98. The van der Waals surface area contributed by atoms with Crippen LogP contribution in [-0.2, 0) is 0 Å². The first-order valence-electron chi connectivity index (χ1n) is 8.57. The van der Waals surface area contributed by atoms with Crippen LogP contribution in [0.4, 0.5) is 5.69 Å². The van der Waals surface area contributed by atoms with Gasteiger partial charge >= 0.3 is 0 Å². The van der Waals surface area contributed by atoms with Crippen molar-refractivity contribution >= 4 is 40.1 Å². The van der Waals surface area contributed by atoms with E-state index in [2.05, 4.69) is 10.6 Å². The van der Waals surface area contributed by atoms with Crippen LogP contribution in [-0.4, -0.2) is 17.4 Å². The van der Waals surface area contributed by atoms with Crippen molar-refractivity contribution in [1.29, 1.82) is 0 Å². The lowest BCUT2D eigenvalue weighted by Gasteiger charge is -2.21. The Balaban J connectivity index is 1.91. The van der Waals surface area contributed by atoms with Crippen LogP contribution in [0, 0.1) is 6.92 Å². The highest BCUT2D eigenvalue weighted by Crippen LogP contribution is 2.28. The van der Waals surface area contributed by atoms with Gasteiger partial charge in [0.05, 0.1) is 11.3 Å². The predicted octanol–water partition coefficient (Wildman–Crippen LogP) is 5.18. The molecule has 0 aliphatic rings. The van der Waals surface area contributed by atoms with E-state index in [1.165, 1.54) is 0 Å². The molecule has 1 heterocycles. The van der Waals surface area contributed by atoms with Crippen molar-refractivity contribution in [3.63, 3.8) is 0 Å². The van der Waals surface area contributed by atoms with Gasteiger partial charge in [-0.3, -0.25) is 9.59 Å². The lowest BCUT2D eigenvalue weighted by molar-refractivity contribution is 0.0920. The maximum atomic E-state index is 12.8. The van der Waals surface area contributed by atoms with Crippen LogP contribution < -0.4 is 10.6 Å². The largest absolute Gasteiger partial charge is 0.451 e. The minimum atomic E-state index is -0.421. The molecule has 3 aromatic rings. The van der Waals surface area contributed by atoms with Crippen molar-refractivity contribution in [2.75, 3.05) is 5.32 Å². The second-order valence-corrected chi connectivity index (χ2v) is 7.84. The summed E-state index contributed by atoms with van der Waals surface area (Å²) in [4.78, 5) is 25.3. The third-order valence-corrected chi connectivity index (χ3v) is 4.25. The number of nitrogens with one attached hydrogen (secondary N) is 2. The van der Waals surface area contributed by atoms with Crippen LogP contribution in [0.25, 0.3) is 11.0 Å². The van der Waals surface area contributed by atoms with Gasteiger partial charge in [-0.1, -0.05) is 23.7 Å². The molecule has 1 aromatic heterocycles. The SMILES string of the molecule is Cc1c(C(=O)Nc2ccccc2C(=O)NC(C)(C)C)oc2ccc(Cl)cc12. The van der Waals surface area contributed by atoms with Gasteiger partial charge in [-0.05, 0) is 58.0 Å². The van der Waals surface area contributed by atoms with E-state index in [-0.39, 0.29) is 17.2 Å². The van der Waals surface area contributed by atoms with Crippen molar-refractivity contribution in [2.24, 2.45) is 0 Å². The number of carbonyl (C=O) groups excluding carboxylic acids is 2. The summed E-state index contributed by atoms with van der Waals surface area (Å²) in [7, 11) is 0. The monoisotopic (exact) mass is 384 g/mol. The van der Waals surface area contributed by atoms with E-state index < -0.39 is 5.91 Å². The van der Waals surface area contributed by atoms with Gasteiger partial charge in [0, 0.05) is 21.5 Å². The average molecular weight is 385 g/mol. The predicted molar refractivity (Wildman–Crippen MR) is 108 cm³/mol. The molecule has 140 valence electrons. The molecule has 5 nitrogen and oxygen atoms in total. The summed E-state index contributed by atoms with van der Waals surface area (Å²) in [6, 6.07) is 12.1. The first-order chi connectivity index (χ1) is 12.7. The fraction of sp³-hybridized carbons (Fsp3) is 0.238. The second-order valence-electron chi connectivity index (χ2n) is 7.40. The number of halogens is 1. The number of anilines is 1. The van der Waals surface area contributed by atoms with Gasteiger partial charge < -0.3 is 15.1 Å². The molecule has 0 aliphatic heterocycles. The van der Waals surface area contributed by atoms with Crippen molar-refractivity contribution in [3.05, 3.63) is 64.4 Å². The summed E-state index contributed by atoms with van der Waals surface area (Å²) < 4.78 is 5.70. The molecular formula is C21H21ClN2O3. The van der Waals surface area contributed by atoms with Gasteiger partial charge in [0.1, 0.15) is 5.58 Å². The third-order valence-electron chi connectivity index (χ3n) is 4.01. The first-order valence-corrected chi connectivity index (χ1v) is 8.95. The molecule has 0 unspecified atom stereocenters. The summed E-state index contributed by atoms with van der Waals surface area (Å²) >= 11 is 6.03. The van der Waals surface area contributed by atoms with E-state index in [1.54, 1.807) is 49.4 Å². The van der Waals surface area contributed by atoms with Crippen LogP contribution in [0.5, 0.6) is 0 Å². The van der Waals surface area contributed by atoms with Crippen molar-refractivity contribution < 1.29 is 14.0 Å². The molecule has 6 heteroatoms. The standard InChI is InChI=1S/C21H21ClN2O3/c1-12-15-11-13(22)9-10-17(15)27-18(12)20(26)23-16-8-6-5-7-14(16)19(25)24-21(2,3)4/h5-11H,1-4H3,(H,23,26)(H,24,25). The molecule has 2 N–H and O–H groups in total. The zero-order valence-electron chi connectivity index (χ0n) is 15.6. The fourth-order valence-electron chi connectivity index (χ4n) is 2.79. The molecule has 0 spiro atoms. The van der Waals surface area contributed by atoms with E-state index in [0.717, 1.165) is 5.39 Å². The fourth-order valence-corrected chi connectivity index (χ4v) is 2.96. The third kappa shape index (κ3) is 4.14. The minimum Gasteiger partial charge on any atom is -0.451 e. The van der Waals surface area contributed by atoms with E-state index in [9.17, 15) is 9.59 Å². The molecule has 0 bridgehead atoms. The zero-order valence-corrected chi connectivity index (χ0v) is 16.4. The van der Waals surface area contributed by atoms with Gasteiger partial charge in [-0.15, -0.1) is 0 Å². The number of carbonyl (C=O) groups is 2. The van der Waals surface area contributed by atoms with Crippen LogP contribution in [0.2, 0.25) is 5.02 Å². The maximum Gasteiger partial charge on any atom is 0.291 e. The van der Waals surface area contributed by atoms with Gasteiger partial charge in [-0.25, -0.2) is 0 Å². The normalized spacial score (nSPS) is 11.4. The maximum absolute atomic E-state index is 12.8. The number of furan rings is 1. The van der Waals surface area contributed by atoms with Crippen molar-refractivity contribution in [2.45, 2.75) is 33.2 Å². The Morgan fingerprint density at radius 2 is 1.74 bits per heavy atom. The van der Waals surface area contributed by atoms with Crippen LogP contribution in [0.15, 0.2) is 46.9 Å². The minimum absolute atomic E-state index is 0.193. The molecular weight excluding hydrogens is 364 g/mol. The molecule has 2 amide bonds. The molecule has 0 radical (unpaired) electrons. The highest BCUT2D eigenvalue weighted by atomic mass is 35.5. The lowest BCUT2D eigenvalue weighted by atomic mass is 10.1. The Hall–Kier alpha value is -2.79. The molecule has 0 saturated heterocycles. The van der Waals surface area contributed by atoms with E-state index in [1.807, 2.05) is 20.8 Å². The zero-order chi connectivity index (χ0) is 19.8. The number of aryl methyl sites for hydroxylation is 1. The molecule has 0 fully saturated rings. The van der Waals surface area contributed by atoms with E-state index >= 15 is 0 Å². The summed E-state index contributed by atoms with van der Waals surface area (Å²) in [5, 5.41) is 7.04. The van der Waals surface area contributed by atoms with Gasteiger partial charge in [-0.2, -0.15) is 0 Å². The van der Waals surface area contributed by atoms with E-state index in [4.69, 9.17) is 16.0 Å². The van der Waals surface area contributed by atoms with Crippen LogP contribution >= 0.6 is 11.6 Å². The van der Waals surface area contributed by atoms with Crippen LogP contribution in [0.1, 0.15) is 47.2 Å². The summed E-state index contributed by atoms with van der Waals surface area (Å²) in [6.45, 7) is 7.49. The molecule has 0 saturated carbocycles. The van der Waals surface area contributed by atoms with Gasteiger partial charge in [0.25, 0.3) is 11.8 Å². The highest BCUT2D eigenvalue weighted by molar-refractivity contribution is 6.31. The number of fused-ring (bicyclic) bond motifs is 1. The topological polar surface area (TPSA) is 71.3 Å². The number of rotatable bonds is 3. The summed E-state index contributed by atoms with van der Waals surface area (Å²) in [6.07, 6.45) is 0. The second kappa shape index (κ2) is 7.08. The summed E-state index contributed by atoms with van der Waals surface area (Å²) in [5.74, 6) is -0.486. The quantitative estimate of drug-likeness (QED) is 0.653. The van der Waals surface area contributed by atoms with E-state index in [0.29, 0.717) is 27.4 Å². The number of benzene rings is 2. The molecule has 2 aromatic carbocycles. The number of hydrogen-bond acceptors (Lipinski definition) is 3. The van der Waals surface area contributed by atoms with Crippen molar-refractivity contribution in [3.8, 4) is 0 Å². The number of para-hydroxylation sites is 1. The summed E-state index contributed by atoms with van der Waals surface area (Å²) in [5.41, 5.74) is 1.70. The molecule has 27 heavy (non-hydrogen) atoms. The number of hydrogen-bond donors (Lipinski definition) is 2. The molecule has 0 aliphatic carbocycles. The van der Waals surface area contributed by atoms with Gasteiger partial charge in [0.15, 0.2) is 5.76 Å². The number of amides is 2. The molecule has 0 atom stereocenters. The van der Waals surface area contributed by atoms with Crippen LogP contribution in [0.3, 0.4) is 0 Å².